The Morgan fingerprint density at radius 2 is 1.47 bits per heavy atom. The molecule has 1 spiro atoms. The third kappa shape index (κ3) is 3.18. The number of hydrogen-bond acceptors (Lipinski definition) is 5. The van der Waals surface area contributed by atoms with Crippen LogP contribution in [0.25, 0.3) is 0 Å². The van der Waals surface area contributed by atoms with Gasteiger partial charge in [0.05, 0.1) is 0 Å². The summed E-state index contributed by atoms with van der Waals surface area (Å²) < 4.78 is 9.59. The number of rotatable bonds is 0. The van der Waals surface area contributed by atoms with Crippen LogP contribution in [-0.2, 0) is 29.7 Å². The summed E-state index contributed by atoms with van der Waals surface area (Å²) in [4.78, 5) is 10.7. The fourth-order valence-corrected chi connectivity index (χ4v) is 10.9. The molecule has 188 valence electrons. The Labute approximate surface area is 221 Å². The minimum absolute atomic E-state index is 0.0165. The second-order valence-corrected chi connectivity index (χ2v) is 13.5. The normalized spacial score (nSPS) is 27.6. The topological polar surface area (TPSA) is 22.2 Å². The van der Waals surface area contributed by atoms with Crippen molar-refractivity contribution < 1.29 is 22.4 Å². The molecule has 0 N–H and O–H groups in total. The summed E-state index contributed by atoms with van der Waals surface area (Å²) in [6.07, 6.45) is 19.8. The molecule has 2 saturated carbocycles. The molecular formula is C30H32N4OPt. The first-order chi connectivity index (χ1) is 17.8. The van der Waals surface area contributed by atoms with Crippen LogP contribution in [0.3, 0.4) is 0 Å². The summed E-state index contributed by atoms with van der Waals surface area (Å²) in [5, 5.41) is 0. The van der Waals surface area contributed by atoms with Crippen LogP contribution in [0.4, 0.5) is 0 Å². The Morgan fingerprint density at radius 3 is 2.31 bits per heavy atom. The van der Waals surface area contributed by atoms with Gasteiger partial charge in [-0.25, -0.2) is 0 Å². The van der Waals surface area contributed by atoms with E-state index >= 15 is 0 Å². The number of ether oxygens (including phenoxy) is 1. The van der Waals surface area contributed by atoms with E-state index in [1.54, 1.807) is 8.29 Å². The Kier molecular flexibility index (Phi) is 4.87. The summed E-state index contributed by atoms with van der Waals surface area (Å²) in [7, 11) is 0. The van der Waals surface area contributed by atoms with Crippen LogP contribution in [0.2, 0.25) is 0 Å². The molecule has 6 aliphatic rings. The van der Waals surface area contributed by atoms with E-state index in [4.69, 9.17) is 4.74 Å². The minimum atomic E-state index is -0.386. The van der Waals surface area contributed by atoms with E-state index in [9.17, 15) is 0 Å². The second kappa shape index (κ2) is 8.18. The van der Waals surface area contributed by atoms with Crippen LogP contribution in [0.1, 0.15) is 62.5 Å². The molecule has 2 fully saturated rings. The molecule has 2 atom stereocenters. The van der Waals surface area contributed by atoms with E-state index in [2.05, 4.69) is 92.9 Å². The van der Waals surface area contributed by atoms with E-state index in [1.165, 1.54) is 62.5 Å². The Bertz CT molecular complexity index is 1350. The predicted octanol–water partition coefficient (Wildman–Crippen LogP) is 5.52. The van der Waals surface area contributed by atoms with Crippen LogP contribution in [0.15, 0.2) is 73.3 Å². The molecule has 2 unspecified atom stereocenters. The fourth-order valence-electron chi connectivity index (χ4n) is 7.17. The SMILES string of the molecule is C1=CN2[C]3=[Pt]=[C]4N(C=CN4C4(CCCC4)c4cccc(c4)Oc4cccc(c4)CN13)C1CCCCC12. The average Bonchev–Trinajstić information content (AvgIpc) is 3.63. The number of nitrogens with zero attached hydrogens (tertiary/aromatic N) is 4. The molecule has 2 aliphatic carbocycles. The Balaban J connectivity index is 1.37. The molecule has 4 heterocycles. The Hall–Kier alpha value is -2.65. The molecule has 8 rings (SSSR count). The van der Waals surface area contributed by atoms with Crippen molar-refractivity contribution in [2.75, 3.05) is 0 Å². The summed E-state index contributed by atoms with van der Waals surface area (Å²) in [5.74, 6) is 1.87. The van der Waals surface area contributed by atoms with E-state index in [0.29, 0.717) is 12.1 Å². The number of hydrogen-bond donors (Lipinski definition) is 0. The van der Waals surface area contributed by atoms with E-state index in [-0.39, 0.29) is 23.2 Å². The molecule has 6 heteroatoms. The summed E-state index contributed by atoms with van der Waals surface area (Å²) in [5.41, 5.74) is 2.72. The molecular weight excluding hydrogens is 627 g/mol. The first-order valence-electron chi connectivity index (χ1n) is 13.5. The maximum atomic E-state index is 6.46. The molecule has 0 aromatic heterocycles. The van der Waals surface area contributed by atoms with Crippen LogP contribution < -0.4 is 4.74 Å². The van der Waals surface area contributed by atoms with Gasteiger partial charge in [-0.3, -0.25) is 0 Å². The van der Waals surface area contributed by atoms with Crippen LogP contribution in [-0.4, -0.2) is 40.0 Å². The third-order valence-electron chi connectivity index (χ3n) is 8.88. The zero-order valence-corrected chi connectivity index (χ0v) is 22.7. The van der Waals surface area contributed by atoms with Gasteiger partial charge < -0.3 is 0 Å². The molecule has 2 aromatic carbocycles. The van der Waals surface area contributed by atoms with Crippen molar-refractivity contribution in [2.24, 2.45) is 0 Å². The van der Waals surface area contributed by atoms with Crippen molar-refractivity contribution >= 4 is 8.29 Å². The average molecular weight is 660 g/mol. The van der Waals surface area contributed by atoms with Gasteiger partial charge in [-0.1, -0.05) is 0 Å². The van der Waals surface area contributed by atoms with Gasteiger partial charge in [-0.15, -0.1) is 0 Å². The number of fused-ring (bicyclic) bond motifs is 9. The molecule has 0 saturated heterocycles. The first-order valence-corrected chi connectivity index (χ1v) is 15.8. The van der Waals surface area contributed by atoms with Gasteiger partial charge in [0.1, 0.15) is 0 Å². The standard InChI is InChI=1S/C30H32N4O.Pt/c1-2-12-29-28(11-1)32-16-15-31(22-32)21-24-7-5-9-26(19-24)35-27-10-6-8-25(20-27)30(13-3-4-14-30)34-18-17-33(29)23-34;/h5-10,15-20,28-29H,1-4,11-14,21H2;. The van der Waals surface area contributed by atoms with Gasteiger partial charge in [0.2, 0.25) is 0 Å². The van der Waals surface area contributed by atoms with Crippen LogP contribution in [0, 0.1) is 0 Å². The van der Waals surface area contributed by atoms with E-state index in [0.717, 1.165) is 18.0 Å². The first kappa shape index (κ1) is 21.4. The molecule has 4 aliphatic heterocycles. The van der Waals surface area contributed by atoms with Crippen LogP contribution in [0.5, 0.6) is 11.5 Å². The monoisotopic (exact) mass is 659 g/mol. The predicted molar refractivity (Wildman–Crippen MR) is 139 cm³/mol. The summed E-state index contributed by atoms with van der Waals surface area (Å²) in [6, 6.07) is 18.8. The van der Waals surface area contributed by atoms with Crippen molar-refractivity contribution in [3.05, 3.63) is 84.5 Å². The summed E-state index contributed by atoms with van der Waals surface area (Å²) in [6.45, 7) is 0.892. The zero-order valence-electron chi connectivity index (χ0n) is 20.5. The maximum absolute atomic E-state index is 6.46. The Morgan fingerprint density at radius 1 is 0.750 bits per heavy atom. The molecule has 0 radical (unpaired) electrons. The van der Waals surface area contributed by atoms with E-state index < -0.39 is 0 Å². The van der Waals surface area contributed by atoms with Crippen molar-refractivity contribution in [1.82, 2.24) is 19.6 Å². The fraction of sp³-hybridized carbons (Fsp3) is 0.400. The van der Waals surface area contributed by atoms with Crippen molar-refractivity contribution in [3.63, 3.8) is 0 Å². The molecule has 5 nitrogen and oxygen atoms in total. The van der Waals surface area contributed by atoms with Crippen molar-refractivity contribution in [1.29, 1.82) is 0 Å². The van der Waals surface area contributed by atoms with Gasteiger partial charge in [-0.2, -0.15) is 0 Å². The zero-order chi connectivity index (χ0) is 23.7. The van der Waals surface area contributed by atoms with Gasteiger partial charge in [0.25, 0.3) is 0 Å². The van der Waals surface area contributed by atoms with Gasteiger partial charge in [-0.05, 0) is 0 Å². The molecule has 6 bridgehead atoms. The quantitative estimate of drug-likeness (QED) is 0.371. The third-order valence-corrected chi connectivity index (χ3v) is 12.3. The molecule has 0 amide bonds. The molecule has 36 heavy (non-hydrogen) atoms. The van der Waals surface area contributed by atoms with E-state index in [1.807, 2.05) is 0 Å². The van der Waals surface area contributed by atoms with Crippen LogP contribution >= 0.6 is 0 Å². The van der Waals surface area contributed by atoms with Gasteiger partial charge in [0.15, 0.2) is 0 Å². The summed E-state index contributed by atoms with van der Waals surface area (Å²) >= 11 is -0.386. The van der Waals surface area contributed by atoms with Crippen molar-refractivity contribution in [3.8, 4) is 11.5 Å². The van der Waals surface area contributed by atoms with Gasteiger partial charge >= 0.3 is 222 Å². The molecule has 2 aromatic rings. The number of benzene rings is 2. The second-order valence-electron chi connectivity index (χ2n) is 10.9. The van der Waals surface area contributed by atoms with Crippen molar-refractivity contribution in [2.45, 2.75) is 75.5 Å². The van der Waals surface area contributed by atoms with Gasteiger partial charge in [0, 0.05) is 0 Å².